The maximum Gasteiger partial charge on any atom is 0.134 e. The van der Waals surface area contributed by atoms with Crippen LogP contribution in [0, 0.1) is 0 Å². The van der Waals surface area contributed by atoms with E-state index in [9.17, 15) is 5.11 Å². The number of para-hydroxylation sites is 1. The van der Waals surface area contributed by atoms with Crippen LogP contribution in [0.5, 0.6) is 17.2 Å². The Morgan fingerprint density at radius 2 is 1.34 bits per heavy atom. The number of phenols is 2. The van der Waals surface area contributed by atoms with Crippen molar-refractivity contribution in [2.24, 2.45) is 0 Å². The third kappa shape index (κ3) is 2.83. The zero-order valence-electron chi connectivity index (χ0n) is 17.2. The van der Waals surface area contributed by atoms with Gasteiger partial charge >= 0.3 is 0 Å². The molecule has 32 heavy (non-hydrogen) atoms. The van der Waals surface area contributed by atoms with Gasteiger partial charge < -0.3 is 14.9 Å². The molecule has 0 unspecified atom stereocenters. The number of aromatic hydroxyl groups is 2. The van der Waals surface area contributed by atoms with E-state index in [1.807, 2.05) is 24.3 Å². The molecule has 3 heteroatoms. The van der Waals surface area contributed by atoms with Crippen LogP contribution >= 0.6 is 0 Å². The lowest BCUT2D eigenvalue weighted by Crippen LogP contribution is -2.01. The van der Waals surface area contributed by atoms with Crippen LogP contribution < -0.4 is 4.74 Å². The maximum atomic E-state index is 10.3. The molecule has 6 aromatic carbocycles. The predicted molar refractivity (Wildman–Crippen MR) is 132 cm³/mol. The van der Waals surface area contributed by atoms with E-state index in [4.69, 9.17) is 9.84 Å². The van der Waals surface area contributed by atoms with Crippen molar-refractivity contribution in [3.8, 4) is 17.2 Å². The van der Waals surface area contributed by atoms with Gasteiger partial charge in [0, 0.05) is 21.7 Å². The molecule has 0 spiro atoms. The fourth-order valence-electron chi connectivity index (χ4n) is 4.68. The number of hydrogen-bond donors (Lipinski definition) is 2. The van der Waals surface area contributed by atoms with Crippen molar-refractivity contribution < 1.29 is 14.9 Å². The Kier molecular flexibility index (Phi) is 4.15. The molecule has 0 aromatic heterocycles. The summed E-state index contributed by atoms with van der Waals surface area (Å²) in [5, 5.41) is 28.1. The van der Waals surface area contributed by atoms with Gasteiger partial charge in [-0.1, -0.05) is 60.7 Å². The fourth-order valence-corrected chi connectivity index (χ4v) is 4.68. The van der Waals surface area contributed by atoms with Crippen LogP contribution in [0.4, 0.5) is 0 Å². The second-order valence-electron chi connectivity index (χ2n) is 8.01. The summed E-state index contributed by atoms with van der Waals surface area (Å²) in [6, 6.07) is 27.4. The molecule has 1 aliphatic heterocycles. The van der Waals surface area contributed by atoms with E-state index in [2.05, 4.69) is 42.5 Å². The molecule has 0 radical (unpaired) electrons. The van der Waals surface area contributed by atoms with Gasteiger partial charge in [0.2, 0.25) is 0 Å². The molecule has 0 bridgehead atoms. The van der Waals surface area contributed by atoms with Crippen LogP contribution in [0.1, 0.15) is 5.56 Å². The largest absolute Gasteiger partial charge is 0.508 e. The van der Waals surface area contributed by atoms with Crippen LogP contribution in [0.2, 0.25) is 0 Å². The van der Waals surface area contributed by atoms with Crippen LogP contribution in [-0.2, 0) is 0 Å². The van der Waals surface area contributed by atoms with E-state index in [-0.39, 0.29) is 0 Å². The number of benzene rings is 6. The minimum atomic E-state index is 0.322. The predicted octanol–water partition coefficient (Wildman–Crippen LogP) is 7.24. The van der Waals surface area contributed by atoms with Crippen LogP contribution in [0.15, 0.2) is 91.0 Å². The molecule has 3 nitrogen and oxygen atoms in total. The van der Waals surface area contributed by atoms with Gasteiger partial charge in [-0.15, -0.1) is 0 Å². The van der Waals surface area contributed by atoms with Crippen LogP contribution in [0.25, 0.3) is 49.2 Å². The Morgan fingerprint density at radius 1 is 0.625 bits per heavy atom. The molecule has 6 aromatic rings. The Morgan fingerprint density at radius 3 is 2.16 bits per heavy atom. The molecule has 0 aliphatic carbocycles. The van der Waals surface area contributed by atoms with Gasteiger partial charge in [-0.3, -0.25) is 0 Å². The Labute approximate surface area is 184 Å². The topological polar surface area (TPSA) is 49.7 Å². The highest BCUT2D eigenvalue weighted by atomic mass is 16.5. The molecule has 1 aliphatic rings. The Balaban J connectivity index is 0.000000241. The smallest absolute Gasteiger partial charge is 0.134 e. The maximum absolute atomic E-state index is 10.3. The summed E-state index contributed by atoms with van der Waals surface area (Å²) in [6.45, 7) is 0.616. The number of fused-ring (bicyclic) bond motifs is 4. The summed E-state index contributed by atoms with van der Waals surface area (Å²) >= 11 is 0. The molecular weight excluding hydrogens is 396 g/mol. The van der Waals surface area contributed by atoms with E-state index in [1.54, 1.807) is 30.3 Å². The highest BCUT2D eigenvalue weighted by Crippen LogP contribution is 2.44. The lowest BCUT2D eigenvalue weighted by atomic mass is 9.89. The molecular formula is C29H20O3. The van der Waals surface area contributed by atoms with E-state index >= 15 is 0 Å². The van der Waals surface area contributed by atoms with Gasteiger partial charge in [-0.2, -0.15) is 0 Å². The van der Waals surface area contributed by atoms with Gasteiger partial charge in [0.25, 0.3) is 0 Å². The van der Waals surface area contributed by atoms with Gasteiger partial charge in [0.1, 0.15) is 23.9 Å². The zero-order chi connectivity index (χ0) is 21.7. The van der Waals surface area contributed by atoms with Crippen molar-refractivity contribution in [1.82, 2.24) is 0 Å². The van der Waals surface area contributed by atoms with Crippen LogP contribution in [-0.4, -0.2) is 16.8 Å². The first kappa shape index (κ1) is 18.5. The SMILES string of the molecule is Oc1ccc2ccc3cc4c5c(ccc4c4ccc1c2c34)C=CCO5.Oc1ccccc1. The summed E-state index contributed by atoms with van der Waals surface area (Å²) in [6.07, 6.45) is 4.17. The molecule has 0 saturated heterocycles. The lowest BCUT2D eigenvalue weighted by molar-refractivity contribution is 0.363. The first-order valence-corrected chi connectivity index (χ1v) is 10.6. The van der Waals surface area contributed by atoms with Crippen molar-refractivity contribution in [1.29, 1.82) is 0 Å². The summed E-state index contributed by atoms with van der Waals surface area (Å²) in [5.74, 6) is 1.62. The quantitative estimate of drug-likeness (QED) is 0.203. The van der Waals surface area contributed by atoms with E-state index < -0.39 is 0 Å². The standard InChI is InChI=1S/C23H14O2.C6H6O/c24-20-10-6-13-3-4-15-12-19-16(7-5-14-2-1-11-25-23(14)19)17-8-9-18(20)21(13)22(15)17;7-6-4-2-1-3-5-6/h1-10,12,24H,11H2;1-5,7H. The lowest BCUT2D eigenvalue weighted by Gasteiger charge is -2.18. The summed E-state index contributed by atoms with van der Waals surface area (Å²) in [7, 11) is 0. The third-order valence-corrected chi connectivity index (χ3v) is 6.12. The van der Waals surface area contributed by atoms with Gasteiger partial charge in [-0.05, 0) is 63.3 Å². The van der Waals surface area contributed by atoms with Crippen LogP contribution in [0.3, 0.4) is 0 Å². The first-order valence-electron chi connectivity index (χ1n) is 10.6. The van der Waals surface area contributed by atoms with Gasteiger partial charge in [-0.25, -0.2) is 0 Å². The fraction of sp³-hybridized carbons (Fsp3) is 0.0345. The van der Waals surface area contributed by atoms with E-state index in [1.165, 1.54) is 21.5 Å². The number of ether oxygens (including phenoxy) is 1. The zero-order valence-corrected chi connectivity index (χ0v) is 17.2. The van der Waals surface area contributed by atoms with Crippen molar-refractivity contribution in [3.05, 3.63) is 96.6 Å². The average molecular weight is 416 g/mol. The number of hydrogen-bond acceptors (Lipinski definition) is 3. The summed E-state index contributed by atoms with van der Waals surface area (Å²) in [4.78, 5) is 0. The molecule has 154 valence electrons. The molecule has 7 rings (SSSR count). The minimum absolute atomic E-state index is 0.322. The van der Waals surface area contributed by atoms with Crippen molar-refractivity contribution in [2.45, 2.75) is 0 Å². The summed E-state index contributed by atoms with van der Waals surface area (Å²) < 4.78 is 5.96. The van der Waals surface area contributed by atoms with Gasteiger partial charge in [0.05, 0.1) is 0 Å². The Bertz CT molecular complexity index is 1630. The molecule has 0 saturated carbocycles. The van der Waals surface area contributed by atoms with Crippen molar-refractivity contribution in [2.75, 3.05) is 6.61 Å². The van der Waals surface area contributed by atoms with Gasteiger partial charge in [0.15, 0.2) is 0 Å². The molecule has 0 amide bonds. The molecule has 0 atom stereocenters. The monoisotopic (exact) mass is 416 g/mol. The highest BCUT2D eigenvalue weighted by molar-refractivity contribution is 6.30. The Hall–Kier alpha value is -4.24. The first-order chi connectivity index (χ1) is 15.7. The minimum Gasteiger partial charge on any atom is -0.508 e. The second kappa shape index (κ2) is 7.17. The third-order valence-electron chi connectivity index (χ3n) is 6.12. The molecule has 2 N–H and O–H groups in total. The second-order valence-corrected chi connectivity index (χ2v) is 8.01. The highest BCUT2D eigenvalue weighted by Gasteiger charge is 2.16. The van der Waals surface area contributed by atoms with E-state index in [0.29, 0.717) is 18.1 Å². The number of phenolic OH excluding ortho intramolecular Hbond substituents is 2. The molecule has 0 fully saturated rings. The average Bonchev–Trinajstić information content (AvgIpc) is 2.84. The molecule has 1 heterocycles. The number of rotatable bonds is 0. The summed E-state index contributed by atoms with van der Waals surface area (Å²) in [5.41, 5.74) is 1.13. The van der Waals surface area contributed by atoms with Crippen molar-refractivity contribution in [3.63, 3.8) is 0 Å². The normalized spacial score (nSPS) is 12.6. The van der Waals surface area contributed by atoms with Crippen molar-refractivity contribution >= 4 is 49.2 Å². The van der Waals surface area contributed by atoms with E-state index in [0.717, 1.165) is 32.9 Å².